The molecule has 0 aromatic rings. The molecule has 490 valence electrons. The first-order valence-corrected chi connectivity index (χ1v) is 35.1. The fourth-order valence-corrected chi connectivity index (χ4v) is 11.8. The fourth-order valence-electron chi connectivity index (χ4n) is 11.8. The third kappa shape index (κ3) is 39.2. The Morgan fingerprint density at radius 3 is 1.14 bits per heavy atom. The van der Waals surface area contributed by atoms with Crippen molar-refractivity contribution >= 4 is 5.91 Å². The van der Waals surface area contributed by atoms with E-state index in [0.717, 1.165) is 38.5 Å². The molecule has 0 aromatic carbocycles. The monoisotopic (exact) mass is 1180 g/mol. The SMILES string of the molecule is CCCCCCCCCC/C=C\CCCCCCCCCCCCCCCC(=O)NC(COC1OC(CO)C(OC2OC(CO)C(O)C(O)C2O)C(O)C1O)C(O)/C=C/CCCCCCCCCCCCCCCCCCCCCCCC. The Bertz CT molecular complexity index is 1490. The lowest BCUT2D eigenvalue weighted by atomic mass is 9.97. The van der Waals surface area contributed by atoms with Crippen LogP contribution in [0.3, 0.4) is 0 Å². The Hall–Kier alpha value is -1.53. The molecule has 2 rings (SSSR count). The maximum absolute atomic E-state index is 13.3. The van der Waals surface area contributed by atoms with Gasteiger partial charge in [-0.2, -0.15) is 0 Å². The van der Waals surface area contributed by atoms with Crippen LogP contribution in [0.4, 0.5) is 0 Å². The van der Waals surface area contributed by atoms with Gasteiger partial charge in [0.05, 0.1) is 32.0 Å². The molecule has 0 saturated carbocycles. The molecule has 2 fully saturated rings. The van der Waals surface area contributed by atoms with Crippen molar-refractivity contribution in [2.75, 3.05) is 19.8 Å². The summed E-state index contributed by atoms with van der Waals surface area (Å²) in [5.41, 5.74) is 0. The molecular weight excluding hydrogens is 1050 g/mol. The third-order valence-corrected chi connectivity index (χ3v) is 17.4. The Kier molecular flexibility index (Phi) is 51.0. The molecule has 2 saturated heterocycles. The number of carbonyl (C=O) groups is 1. The molecule has 9 N–H and O–H groups in total. The molecule has 2 aliphatic rings. The van der Waals surface area contributed by atoms with Gasteiger partial charge < -0.3 is 65.1 Å². The van der Waals surface area contributed by atoms with Crippen molar-refractivity contribution in [3.63, 3.8) is 0 Å². The second-order valence-electron chi connectivity index (χ2n) is 25.0. The van der Waals surface area contributed by atoms with Crippen molar-refractivity contribution < 1.29 is 64.6 Å². The van der Waals surface area contributed by atoms with Gasteiger partial charge in [0, 0.05) is 6.42 Å². The van der Waals surface area contributed by atoms with E-state index in [-0.39, 0.29) is 18.9 Å². The van der Waals surface area contributed by atoms with Crippen LogP contribution in [-0.4, -0.2) is 140 Å². The Morgan fingerprint density at radius 2 is 0.759 bits per heavy atom. The normalized spacial score (nSPS) is 23.9. The lowest BCUT2D eigenvalue weighted by Gasteiger charge is -2.46. The van der Waals surface area contributed by atoms with E-state index in [9.17, 15) is 45.6 Å². The summed E-state index contributed by atoms with van der Waals surface area (Å²) in [6.07, 6.45) is 50.8. The Morgan fingerprint density at radius 1 is 0.422 bits per heavy atom. The number of carbonyl (C=O) groups excluding carboxylic acids is 1. The van der Waals surface area contributed by atoms with E-state index >= 15 is 0 Å². The second kappa shape index (κ2) is 54.6. The lowest BCUT2D eigenvalue weighted by molar-refractivity contribution is -0.359. The summed E-state index contributed by atoms with van der Waals surface area (Å²) in [6, 6.07) is -0.914. The summed E-state index contributed by atoms with van der Waals surface area (Å²) in [6.45, 7) is 2.85. The van der Waals surface area contributed by atoms with Crippen LogP contribution in [0.2, 0.25) is 0 Å². The van der Waals surface area contributed by atoms with E-state index in [4.69, 9.17) is 18.9 Å². The van der Waals surface area contributed by atoms with Crippen molar-refractivity contribution in [2.45, 2.75) is 389 Å². The van der Waals surface area contributed by atoms with Gasteiger partial charge in [-0.3, -0.25) is 4.79 Å². The van der Waals surface area contributed by atoms with E-state index in [2.05, 4.69) is 31.3 Å². The van der Waals surface area contributed by atoms with Gasteiger partial charge in [0.25, 0.3) is 0 Å². The predicted octanol–water partition coefficient (Wildman–Crippen LogP) is 14.0. The summed E-state index contributed by atoms with van der Waals surface area (Å²) >= 11 is 0. The number of amides is 1. The van der Waals surface area contributed by atoms with Gasteiger partial charge >= 0.3 is 0 Å². The zero-order chi connectivity index (χ0) is 60.2. The van der Waals surface area contributed by atoms with Gasteiger partial charge in [-0.25, -0.2) is 0 Å². The summed E-state index contributed by atoms with van der Waals surface area (Å²) in [7, 11) is 0. The largest absolute Gasteiger partial charge is 0.394 e. The fraction of sp³-hybridized carbons (Fsp3) is 0.928. The van der Waals surface area contributed by atoms with E-state index in [0.29, 0.717) is 6.42 Å². The van der Waals surface area contributed by atoms with E-state index in [1.165, 1.54) is 250 Å². The van der Waals surface area contributed by atoms with E-state index in [1.807, 2.05) is 6.08 Å². The van der Waals surface area contributed by atoms with Gasteiger partial charge in [-0.15, -0.1) is 0 Å². The van der Waals surface area contributed by atoms with Gasteiger partial charge in [0.15, 0.2) is 12.6 Å². The van der Waals surface area contributed by atoms with Crippen molar-refractivity contribution in [1.29, 1.82) is 0 Å². The molecule has 2 aliphatic heterocycles. The third-order valence-electron chi connectivity index (χ3n) is 17.4. The number of hydrogen-bond donors (Lipinski definition) is 9. The zero-order valence-corrected chi connectivity index (χ0v) is 53.2. The number of allylic oxidation sites excluding steroid dienone is 3. The maximum Gasteiger partial charge on any atom is 0.220 e. The standard InChI is InChI=1S/C69H131NO13/c1-3-5-7-9-11-13-15-17-19-21-23-25-27-29-31-33-35-37-39-41-43-45-47-49-51-53-61(74)70-57(56-80-68-66(79)64(77)67(60(55-72)82-68)83-69-65(78)63(76)62(75)59(54-71)81-69)58(73)52-50-48-46-44-42-40-38-36-34-32-30-28-26-24-22-20-18-16-14-12-10-8-6-4-2/h21,23,50,52,57-60,62-69,71-73,75-79H,3-20,22,24-49,51,53-56H2,1-2H3,(H,70,74)/b23-21-,52-50+. The molecule has 0 radical (unpaired) electrons. The highest BCUT2D eigenvalue weighted by molar-refractivity contribution is 5.76. The molecule has 1 amide bonds. The first-order chi connectivity index (χ1) is 40.6. The lowest BCUT2D eigenvalue weighted by Crippen LogP contribution is -2.65. The minimum absolute atomic E-state index is 0.234. The number of hydrogen-bond acceptors (Lipinski definition) is 13. The maximum atomic E-state index is 13.3. The van der Waals surface area contributed by atoms with Gasteiger partial charge in [0.1, 0.15) is 48.8 Å². The highest BCUT2D eigenvalue weighted by Gasteiger charge is 2.51. The van der Waals surface area contributed by atoms with Crippen molar-refractivity contribution in [3.8, 4) is 0 Å². The molecule has 14 nitrogen and oxygen atoms in total. The number of rotatable bonds is 58. The van der Waals surface area contributed by atoms with Crippen LogP contribution >= 0.6 is 0 Å². The van der Waals surface area contributed by atoms with Crippen molar-refractivity contribution in [1.82, 2.24) is 5.32 Å². The van der Waals surface area contributed by atoms with Crippen molar-refractivity contribution in [3.05, 3.63) is 24.3 Å². The van der Waals surface area contributed by atoms with E-state index in [1.54, 1.807) is 6.08 Å². The predicted molar refractivity (Wildman–Crippen MR) is 337 cm³/mol. The van der Waals surface area contributed by atoms with Gasteiger partial charge in [-0.05, 0) is 44.9 Å². The molecule has 2 heterocycles. The number of unbranched alkanes of at least 4 members (excludes halogenated alkanes) is 43. The first kappa shape index (κ1) is 77.6. The minimum Gasteiger partial charge on any atom is -0.394 e. The molecule has 12 unspecified atom stereocenters. The number of nitrogens with one attached hydrogen (secondary N) is 1. The van der Waals surface area contributed by atoms with Crippen LogP contribution in [-0.2, 0) is 23.7 Å². The molecular formula is C69H131NO13. The Balaban J connectivity index is 1.69. The van der Waals surface area contributed by atoms with Gasteiger partial charge in [0.2, 0.25) is 5.91 Å². The van der Waals surface area contributed by atoms with Crippen LogP contribution in [0, 0.1) is 0 Å². The topological polar surface area (TPSA) is 228 Å². The molecule has 83 heavy (non-hydrogen) atoms. The van der Waals surface area contributed by atoms with Crippen LogP contribution in [0.1, 0.15) is 316 Å². The summed E-state index contributed by atoms with van der Waals surface area (Å²) < 4.78 is 22.9. The summed E-state index contributed by atoms with van der Waals surface area (Å²) in [5.74, 6) is -0.234. The Labute approximate surface area is 507 Å². The van der Waals surface area contributed by atoms with Gasteiger partial charge in [-0.1, -0.05) is 289 Å². The molecule has 0 spiro atoms. The second-order valence-corrected chi connectivity index (χ2v) is 25.0. The average Bonchev–Trinajstić information content (AvgIpc) is 3.65. The number of ether oxygens (including phenoxy) is 4. The highest BCUT2D eigenvalue weighted by atomic mass is 16.7. The zero-order valence-electron chi connectivity index (χ0n) is 53.2. The van der Waals surface area contributed by atoms with Crippen LogP contribution in [0.15, 0.2) is 24.3 Å². The number of aliphatic hydroxyl groups excluding tert-OH is 8. The average molecular weight is 1180 g/mol. The molecule has 12 atom stereocenters. The number of aliphatic hydroxyl groups is 8. The first-order valence-electron chi connectivity index (χ1n) is 35.1. The minimum atomic E-state index is -1.79. The molecule has 14 heteroatoms. The van der Waals surface area contributed by atoms with Crippen LogP contribution in [0.25, 0.3) is 0 Å². The quantitative estimate of drug-likeness (QED) is 0.0204. The van der Waals surface area contributed by atoms with Crippen LogP contribution < -0.4 is 5.32 Å². The summed E-state index contributed by atoms with van der Waals surface area (Å²) in [4.78, 5) is 13.3. The van der Waals surface area contributed by atoms with Crippen LogP contribution in [0.5, 0.6) is 0 Å². The van der Waals surface area contributed by atoms with Crippen molar-refractivity contribution in [2.24, 2.45) is 0 Å². The highest BCUT2D eigenvalue weighted by Crippen LogP contribution is 2.30. The summed E-state index contributed by atoms with van der Waals surface area (Å²) in [5, 5.41) is 87.4. The molecule has 0 bridgehead atoms. The molecule has 0 aliphatic carbocycles. The molecule has 0 aromatic heterocycles. The smallest absolute Gasteiger partial charge is 0.220 e. The van der Waals surface area contributed by atoms with E-state index < -0.39 is 86.8 Å².